The van der Waals surface area contributed by atoms with Crippen molar-refractivity contribution in [2.75, 3.05) is 12.3 Å². The molecule has 2 heterocycles. The monoisotopic (exact) mass is 315 g/mol. The highest BCUT2D eigenvalue weighted by Gasteiger charge is 2.37. The maximum absolute atomic E-state index is 12.7. The highest BCUT2D eigenvalue weighted by atomic mass is 32.2. The fourth-order valence-corrected chi connectivity index (χ4v) is 4.73. The lowest BCUT2D eigenvalue weighted by molar-refractivity contribution is 0.0623. The molecule has 4 nitrogen and oxygen atoms in total. The average molecular weight is 315 g/mol. The maximum Gasteiger partial charge on any atom is 0.272 e. The van der Waals surface area contributed by atoms with Crippen LogP contribution in [0.15, 0.2) is 12.3 Å². The quantitative estimate of drug-likeness (QED) is 0.861. The second-order valence-electron chi connectivity index (χ2n) is 5.55. The predicted octanol–water partition coefficient (Wildman–Crippen LogP) is 2.65. The van der Waals surface area contributed by atoms with Gasteiger partial charge >= 0.3 is 0 Å². The highest BCUT2D eigenvalue weighted by molar-refractivity contribution is 8.00. The maximum atomic E-state index is 12.7. The van der Waals surface area contributed by atoms with Crippen molar-refractivity contribution < 1.29 is 13.6 Å². The molecule has 1 aliphatic carbocycles. The van der Waals surface area contributed by atoms with Crippen molar-refractivity contribution in [1.82, 2.24) is 14.7 Å². The van der Waals surface area contributed by atoms with Gasteiger partial charge in [0.25, 0.3) is 12.3 Å². The summed E-state index contributed by atoms with van der Waals surface area (Å²) in [5.74, 6) is 0.779. The lowest BCUT2D eigenvalue weighted by atomic mass is 9.93. The third kappa shape index (κ3) is 3.07. The van der Waals surface area contributed by atoms with Crippen LogP contribution in [0.1, 0.15) is 36.2 Å². The average Bonchev–Trinajstić information content (AvgIpc) is 2.93. The molecule has 21 heavy (non-hydrogen) atoms. The number of aromatic nitrogens is 2. The molecule has 1 saturated heterocycles. The van der Waals surface area contributed by atoms with Crippen LogP contribution in [0.2, 0.25) is 0 Å². The van der Waals surface area contributed by atoms with Crippen molar-refractivity contribution in [2.45, 2.75) is 49.9 Å². The molecule has 1 saturated carbocycles. The zero-order chi connectivity index (χ0) is 14.8. The van der Waals surface area contributed by atoms with Crippen molar-refractivity contribution >= 4 is 17.7 Å². The molecule has 0 aromatic carbocycles. The van der Waals surface area contributed by atoms with Crippen LogP contribution in [0.5, 0.6) is 0 Å². The molecule has 116 valence electrons. The van der Waals surface area contributed by atoms with Crippen LogP contribution in [0, 0.1) is 0 Å². The summed E-state index contributed by atoms with van der Waals surface area (Å²) in [6, 6.07) is 1.80. The molecule has 0 N–H and O–H groups in total. The molecule has 2 aliphatic rings. The molecule has 1 aliphatic heterocycles. The Balaban J connectivity index is 1.79. The fourth-order valence-electron chi connectivity index (χ4n) is 3.29. The molecule has 1 aromatic heterocycles. The standard InChI is InChI=1S/C14H19F2N3OS/c15-13(16)9-19-11(5-6-17-19)14(20)18-7-8-21-12-4-2-1-3-10(12)18/h5-6,10,12-13H,1-4,7-9H2/t10-,12-/m1/s1. The molecule has 0 radical (unpaired) electrons. The lowest BCUT2D eigenvalue weighted by Gasteiger charge is -2.43. The third-order valence-electron chi connectivity index (χ3n) is 4.24. The van der Waals surface area contributed by atoms with E-state index in [1.54, 1.807) is 6.07 Å². The molecular weight excluding hydrogens is 296 g/mol. The Morgan fingerprint density at radius 2 is 2.24 bits per heavy atom. The molecule has 0 bridgehead atoms. The number of hydrogen-bond donors (Lipinski definition) is 0. The fraction of sp³-hybridized carbons (Fsp3) is 0.714. The molecule has 1 aromatic rings. The highest BCUT2D eigenvalue weighted by Crippen LogP contribution is 2.36. The largest absolute Gasteiger partial charge is 0.332 e. The summed E-state index contributed by atoms with van der Waals surface area (Å²) in [5.41, 5.74) is 0.284. The van der Waals surface area contributed by atoms with Gasteiger partial charge in [-0.1, -0.05) is 12.8 Å². The van der Waals surface area contributed by atoms with Crippen LogP contribution in [-0.4, -0.2) is 50.6 Å². The molecular formula is C14H19F2N3OS. The van der Waals surface area contributed by atoms with E-state index < -0.39 is 13.0 Å². The van der Waals surface area contributed by atoms with Crippen molar-refractivity contribution in [3.05, 3.63) is 18.0 Å². The normalized spacial score (nSPS) is 26.0. The molecule has 1 amide bonds. The smallest absolute Gasteiger partial charge is 0.272 e. The van der Waals surface area contributed by atoms with Crippen LogP contribution < -0.4 is 0 Å². The Labute approximate surface area is 126 Å². The van der Waals surface area contributed by atoms with Crippen LogP contribution in [0.25, 0.3) is 0 Å². The minimum Gasteiger partial charge on any atom is -0.332 e. The molecule has 2 atom stereocenters. The number of halogens is 2. The van der Waals surface area contributed by atoms with Gasteiger partial charge in [-0.15, -0.1) is 0 Å². The molecule has 7 heteroatoms. The summed E-state index contributed by atoms with van der Waals surface area (Å²) >= 11 is 1.94. The first kappa shape index (κ1) is 14.8. The van der Waals surface area contributed by atoms with Gasteiger partial charge in [0.1, 0.15) is 12.2 Å². The van der Waals surface area contributed by atoms with E-state index in [0.717, 1.165) is 29.7 Å². The number of nitrogens with zero attached hydrogens (tertiary/aromatic N) is 3. The van der Waals surface area contributed by atoms with E-state index >= 15 is 0 Å². The van der Waals surface area contributed by atoms with Gasteiger partial charge in [0, 0.05) is 29.8 Å². The van der Waals surface area contributed by atoms with Gasteiger partial charge in [-0.25, -0.2) is 8.78 Å². The number of carbonyl (C=O) groups is 1. The first-order valence-corrected chi connectivity index (χ1v) is 8.44. The summed E-state index contributed by atoms with van der Waals surface area (Å²) < 4.78 is 26.3. The van der Waals surface area contributed by atoms with Gasteiger partial charge in [0.2, 0.25) is 0 Å². The number of fused-ring (bicyclic) bond motifs is 1. The molecule has 3 rings (SSSR count). The van der Waals surface area contributed by atoms with E-state index in [1.165, 1.54) is 12.6 Å². The first-order chi connectivity index (χ1) is 10.2. The van der Waals surface area contributed by atoms with Gasteiger partial charge in [-0.2, -0.15) is 16.9 Å². The second kappa shape index (κ2) is 6.34. The third-order valence-corrected chi connectivity index (χ3v) is 5.64. The SMILES string of the molecule is O=C(c1ccnn1CC(F)F)N1CCS[C@@H]2CCCC[C@H]21. The van der Waals surface area contributed by atoms with E-state index in [4.69, 9.17) is 0 Å². The van der Waals surface area contributed by atoms with Gasteiger partial charge in [-0.05, 0) is 18.9 Å². The Hall–Kier alpha value is -1.11. The summed E-state index contributed by atoms with van der Waals surface area (Å²) in [7, 11) is 0. The van der Waals surface area contributed by atoms with Crippen LogP contribution in [0.4, 0.5) is 8.78 Å². The number of rotatable bonds is 3. The number of thioether (sulfide) groups is 1. The number of amides is 1. The summed E-state index contributed by atoms with van der Waals surface area (Å²) in [5, 5.41) is 4.36. The zero-order valence-electron chi connectivity index (χ0n) is 11.8. The lowest BCUT2D eigenvalue weighted by Crippen LogP contribution is -2.52. The minimum absolute atomic E-state index is 0.148. The van der Waals surface area contributed by atoms with Gasteiger partial charge in [-0.3, -0.25) is 9.48 Å². The van der Waals surface area contributed by atoms with Gasteiger partial charge in [0.05, 0.1) is 0 Å². The van der Waals surface area contributed by atoms with E-state index in [1.807, 2.05) is 16.7 Å². The van der Waals surface area contributed by atoms with Crippen molar-refractivity contribution in [2.24, 2.45) is 0 Å². The number of carbonyl (C=O) groups excluding carboxylic acids is 1. The predicted molar refractivity (Wildman–Crippen MR) is 77.8 cm³/mol. The second-order valence-corrected chi connectivity index (χ2v) is 6.90. The van der Waals surface area contributed by atoms with Crippen molar-refractivity contribution in [1.29, 1.82) is 0 Å². The Kier molecular flexibility index (Phi) is 4.47. The Morgan fingerprint density at radius 3 is 3.05 bits per heavy atom. The zero-order valence-corrected chi connectivity index (χ0v) is 12.6. The first-order valence-electron chi connectivity index (χ1n) is 7.39. The summed E-state index contributed by atoms with van der Waals surface area (Å²) in [6.07, 6.45) is 3.45. The van der Waals surface area contributed by atoms with Crippen LogP contribution in [-0.2, 0) is 6.54 Å². The van der Waals surface area contributed by atoms with Crippen molar-refractivity contribution in [3.63, 3.8) is 0 Å². The van der Waals surface area contributed by atoms with E-state index in [9.17, 15) is 13.6 Å². The Bertz CT molecular complexity index is 506. The van der Waals surface area contributed by atoms with Gasteiger partial charge < -0.3 is 4.90 Å². The molecule has 0 unspecified atom stereocenters. The number of hydrogen-bond acceptors (Lipinski definition) is 3. The van der Waals surface area contributed by atoms with Crippen molar-refractivity contribution in [3.8, 4) is 0 Å². The topological polar surface area (TPSA) is 38.1 Å². The van der Waals surface area contributed by atoms with Crippen LogP contribution in [0.3, 0.4) is 0 Å². The Morgan fingerprint density at radius 1 is 1.43 bits per heavy atom. The van der Waals surface area contributed by atoms with E-state index in [-0.39, 0.29) is 17.6 Å². The van der Waals surface area contributed by atoms with E-state index in [2.05, 4.69) is 5.10 Å². The minimum atomic E-state index is -2.50. The van der Waals surface area contributed by atoms with Crippen LogP contribution >= 0.6 is 11.8 Å². The van der Waals surface area contributed by atoms with Gasteiger partial charge in [0.15, 0.2) is 0 Å². The summed E-state index contributed by atoms with van der Waals surface area (Å²) in [4.78, 5) is 14.6. The molecule has 2 fully saturated rings. The molecule has 0 spiro atoms. The van der Waals surface area contributed by atoms with E-state index in [0.29, 0.717) is 11.8 Å². The summed E-state index contributed by atoms with van der Waals surface area (Å²) in [6.45, 7) is 0.176. The number of alkyl halides is 2.